The average molecular weight is 949 g/mol. The van der Waals surface area contributed by atoms with E-state index in [-0.39, 0.29) is 0 Å². The molecule has 5 aromatic heterocycles. The van der Waals surface area contributed by atoms with E-state index >= 15 is 0 Å². The number of nitrogens with zero attached hydrogens (tertiary/aromatic N) is 2. The summed E-state index contributed by atoms with van der Waals surface area (Å²) in [6.45, 7) is 4.53. The van der Waals surface area contributed by atoms with Gasteiger partial charge in [-0.1, -0.05) is 194 Å². The monoisotopic (exact) mass is 948 g/mol. The fourth-order valence-corrected chi connectivity index (χ4v) is 15.0. The van der Waals surface area contributed by atoms with Crippen LogP contribution in [0.5, 0.6) is 0 Å². The zero-order valence-corrected chi connectivity index (χ0v) is 40.6. The maximum absolute atomic E-state index is 5.14. The summed E-state index contributed by atoms with van der Waals surface area (Å²) in [7, 11) is 0. The highest BCUT2D eigenvalue weighted by atomic mass is 32.1. The van der Waals surface area contributed by atoms with Crippen molar-refractivity contribution in [1.29, 1.82) is 0 Å². The highest BCUT2D eigenvalue weighted by Crippen LogP contribution is 2.56. The lowest BCUT2D eigenvalue weighted by atomic mass is 9.94. The minimum Gasteiger partial charge on any atom is -0.172 e. The van der Waals surface area contributed by atoms with Crippen LogP contribution in [0.3, 0.4) is 0 Å². The number of rotatable bonds is 10. The van der Waals surface area contributed by atoms with E-state index in [2.05, 4.69) is 220 Å². The highest BCUT2D eigenvalue weighted by molar-refractivity contribution is 7.25. The van der Waals surface area contributed by atoms with Crippen LogP contribution in [0.1, 0.15) is 9.75 Å². The van der Waals surface area contributed by atoms with Gasteiger partial charge in [-0.15, -0.1) is 45.3 Å². The van der Waals surface area contributed by atoms with Gasteiger partial charge in [0.2, 0.25) is 0 Å². The zero-order chi connectivity index (χ0) is 44.8. The second-order valence-corrected chi connectivity index (χ2v) is 21.6. The molecule has 0 atom stereocenters. The van der Waals surface area contributed by atoms with E-state index in [1.165, 1.54) is 118 Å². The summed E-state index contributed by atoms with van der Waals surface area (Å²) < 4.78 is 10.3. The molecule has 7 aromatic carbocycles. The molecule has 0 fully saturated rings. The number of hydrogen-bond acceptors (Lipinski definition) is 7. The summed E-state index contributed by atoms with van der Waals surface area (Å²) in [5, 5.41) is 0. The molecule has 0 unspecified atom stereocenters. The first-order valence-electron chi connectivity index (χ1n) is 22.2. The summed E-state index contributed by atoms with van der Waals surface area (Å²) in [4.78, 5) is 10.1. The van der Waals surface area contributed by atoms with Gasteiger partial charge in [-0.05, 0) is 59.4 Å². The molecule has 12 aromatic rings. The molecule has 2 nitrogen and oxygen atoms in total. The number of aryl methyl sites for hydroxylation is 2. The first-order chi connectivity index (χ1) is 33.1. The van der Waals surface area contributed by atoms with Crippen LogP contribution in [0.4, 0.5) is 0 Å². The van der Waals surface area contributed by atoms with Crippen molar-refractivity contribution in [3.8, 4) is 107 Å². The Hall–Kier alpha value is -6.84. The summed E-state index contributed by atoms with van der Waals surface area (Å²) in [6, 6.07) is 74.6. The van der Waals surface area contributed by atoms with Crippen LogP contribution in [0.15, 0.2) is 206 Å². The van der Waals surface area contributed by atoms with Gasteiger partial charge in [-0.3, -0.25) is 0 Å². The van der Waals surface area contributed by atoms with Gasteiger partial charge in [0.15, 0.2) is 0 Å². The number of benzene rings is 7. The lowest BCUT2D eigenvalue weighted by Crippen LogP contribution is -1.86. The maximum Gasteiger partial charge on any atom is 0.114 e. The molecular weight excluding hydrogens is 909 g/mol. The SMILES string of the molecule is Cc1sc(-c2cc(-c3ccccc3)c(-c3ccc(-c4sc(-c5sc(C)c(-c6ccccc6)c5-c5ccccc5)cc4-c4ccccc4)c4nsnc34)s2)c(-c2ccccc2)c1-c1ccccc1. The van der Waals surface area contributed by atoms with Crippen molar-refractivity contribution in [3.05, 3.63) is 216 Å². The lowest BCUT2D eigenvalue weighted by molar-refractivity contribution is 1.57. The Morgan fingerprint density at radius 1 is 0.284 bits per heavy atom. The van der Waals surface area contributed by atoms with Gasteiger partial charge >= 0.3 is 0 Å². The summed E-state index contributed by atoms with van der Waals surface area (Å²) in [5.74, 6) is 0. The van der Waals surface area contributed by atoms with Crippen LogP contribution in [0, 0.1) is 13.8 Å². The Kier molecular flexibility index (Phi) is 11.0. The van der Waals surface area contributed by atoms with Crippen molar-refractivity contribution in [2.45, 2.75) is 13.8 Å². The molecule has 0 radical (unpaired) electrons. The van der Waals surface area contributed by atoms with E-state index in [1.807, 2.05) is 45.3 Å². The molecule has 0 N–H and O–H groups in total. The van der Waals surface area contributed by atoms with Crippen LogP contribution in [-0.4, -0.2) is 8.75 Å². The highest BCUT2D eigenvalue weighted by Gasteiger charge is 2.28. The van der Waals surface area contributed by atoms with Crippen molar-refractivity contribution < 1.29 is 0 Å². The van der Waals surface area contributed by atoms with Crippen LogP contribution >= 0.6 is 57.1 Å². The van der Waals surface area contributed by atoms with Gasteiger partial charge in [0.25, 0.3) is 0 Å². The number of hydrogen-bond donors (Lipinski definition) is 0. The molecule has 67 heavy (non-hydrogen) atoms. The second-order valence-electron chi connectivity index (χ2n) is 16.5. The normalized spacial score (nSPS) is 11.4. The van der Waals surface area contributed by atoms with Crippen molar-refractivity contribution in [2.75, 3.05) is 0 Å². The van der Waals surface area contributed by atoms with E-state index < -0.39 is 0 Å². The van der Waals surface area contributed by atoms with Crippen LogP contribution in [0.25, 0.3) is 118 Å². The van der Waals surface area contributed by atoms with Crippen LogP contribution < -0.4 is 0 Å². The Morgan fingerprint density at radius 3 is 0.910 bits per heavy atom. The largest absolute Gasteiger partial charge is 0.172 e. The minimum atomic E-state index is 0.931. The third-order valence-corrected chi connectivity index (χ3v) is 17.8. The van der Waals surface area contributed by atoms with Gasteiger partial charge in [-0.25, -0.2) is 0 Å². The summed E-state index contributed by atoms with van der Waals surface area (Å²) in [6.07, 6.45) is 0. The zero-order valence-electron chi connectivity index (χ0n) is 36.6. The summed E-state index contributed by atoms with van der Waals surface area (Å²) in [5.41, 5.74) is 18.9. The predicted molar refractivity (Wildman–Crippen MR) is 293 cm³/mol. The van der Waals surface area contributed by atoms with Gasteiger partial charge in [0.05, 0.1) is 21.5 Å². The van der Waals surface area contributed by atoms with Crippen molar-refractivity contribution in [1.82, 2.24) is 8.75 Å². The maximum atomic E-state index is 5.14. The molecule has 0 aliphatic heterocycles. The molecule has 0 saturated heterocycles. The molecule has 0 aliphatic rings. The topological polar surface area (TPSA) is 25.8 Å². The lowest BCUT2D eigenvalue weighted by Gasteiger charge is -2.09. The standard InChI is InChI=1S/C60H40N2S5/c1-37-51(41-25-13-5-14-26-41)53(43-29-17-7-18-30-43)59(63-37)49-35-47(39-21-9-3-10-22-39)57(65-49)45-33-34-46(56-55(45)61-67-62-56)58-48(40-23-11-4-12-24-40)36-50(66-58)60-54(44-31-19-8-20-32-44)52(38(2)64-60)42-27-15-6-16-28-42/h3-36H,1-2H3. The predicted octanol–water partition coefficient (Wildman–Crippen LogP) is 19.2. The van der Waals surface area contributed by atoms with Crippen molar-refractivity contribution in [3.63, 3.8) is 0 Å². The van der Waals surface area contributed by atoms with Gasteiger partial charge in [0.1, 0.15) is 11.0 Å². The number of fused-ring (bicyclic) bond motifs is 1. The third kappa shape index (κ3) is 7.54. The smallest absolute Gasteiger partial charge is 0.114 e. The Morgan fingerprint density at radius 2 is 0.582 bits per heavy atom. The van der Waals surface area contributed by atoms with Crippen molar-refractivity contribution in [2.24, 2.45) is 0 Å². The molecule has 0 amide bonds. The Labute approximate surface area is 410 Å². The molecule has 5 heterocycles. The van der Waals surface area contributed by atoms with Gasteiger partial charge < -0.3 is 0 Å². The third-order valence-electron chi connectivity index (χ3n) is 12.4. The molecule has 0 saturated carbocycles. The summed E-state index contributed by atoms with van der Waals surface area (Å²) >= 11 is 8.80. The van der Waals surface area contributed by atoms with E-state index in [9.17, 15) is 0 Å². The minimum absolute atomic E-state index is 0.931. The van der Waals surface area contributed by atoms with Crippen LogP contribution in [0.2, 0.25) is 0 Å². The first kappa shape index (κ1) is 41.6. The second kappa shape index (κ2) is 17.8. The molecule has 320 valence electrons. The van der Waals surface area contributed by atoms with E-state index in [1.54, 1.807) is 0 Å². The Bertz CT molecular complexity index is 3430. The first-order valence-corrected chi connectivity index (χ1v) is 26.2. The van der Waals surface area contributed by atoms with Gasteiger partial charge in [0, 0.05) is 73.8 Å². The molecular formula is C60H40N2S5. The average Bonchev–Trinajstić information content (AvgIpc) is 4.25. The van der Waals surface area contributed by atoms with E-state index in [0.717, 1.165) is 22.2 Å². The van der Waals surface area contributed by atoms with Crippen molar-refractivity contribution >= 4 is 68.1 Å². The molecule has 0 aliphatic carbocycles. The van der Waals surface area contributed by atoms with E-state index in [0.29, 0.717) is 0 Å². The molecule has 0 spiro atoms. The fourth-order valence-electron chi connectivity index (χ4n) is 9.41. The number of aromatic nitrogens is 2. The quantitative estimate of drug-likeness (QED) is 0.137. The fraction of sp³-hybridized carbons (Fsp3) is 0.0333. The molecule has 7 heteroatoms. The van der Waals surface area contributed by atoms with E-state index in [4.69, 9.17) is 8.75 Å². The number of thiophene rings is 4. The molecule has 12 rings (SSSR count). The van der Waals surface area contributed by atoms with Gasteiger partial charge in [-0.2, -0.15) is 8.75 Å². The Balaban J connectivity index is 1.05. The molecule has 0 bridgehead atoms. The van der Waals surface area contributed by atoms with Crippen LogP contribution in [-0.2, 0) is 0 Å².